The summed E-state index contributed by atoms with van der Waals surface area (Å²) in [5.41, 5.74) is 4.21. The number of nitrogens with one attached hydrogen (secondary N) is 1. The number of imidazole rings is 1. The zero-order chi connectivity index (χ0) is 12.5. The SMILES string of the molecule is CCc1ccccc1-n1c(=S)[nH]c2cccnc21. The number of benzene rings is 1. The number of rotatable bonds is 2. The summed E-state index contributed by atoms with van der Waals surface area (Å²) in [4.78, 5) is 7.61. The van der Waals surface area contributed by atoms with E-state index < -0.39 is 0 Å². The van der Waals surface area contributed by atoms with Gasteiger partial charge in [0.05, 0.1) is 11.2 Å². The summed E-state index contributed by atoms with van der Waals surface area (Å²) < 4.78 is 2.69. The van der Waals surface area contributed by atoms with Gasteiger partial charge in [-0.05, 0) is 42.4 Å². The fraction of sp³-hybridized carbons (Fsp3) is 0.143. The average Bonchev–Trinajstić information content (AvgIpc) is 2.74. The maximum atomic E-state index is 5.41. The average molecular weight is 255 g/mol. The highest BCUT2D eigenvalue weighted by Gasteiger charge is 2.09. The van der Waals surface area contributed by atoms with Gasteiger partial charge in [0.15, 0.2) is 10.4 Å². The quantitative estimate of drug-likeness (QED) is 0.709. The van der Waals surface area contributed by atoms with Crippen LogP contribution in [0.2, 0.25) is 0 Å². The van der Waals surface area contributed by atoms with Crippen LogP contribution in [0.5, 0.6) is 0 Å². The smallest absolute Gasteiger partial charge is 0.184 e. The summed E-state index contributed by atoms with van der Waals surface area (Å²) in [6.07, 6.45) is 2.76. The van der Waals surface area contributed by atoms with Crippen molar-refractivity contribution in [1.82, 2.24) is 14.5 Å². The van der Waals surface area contributed by atoms with Crippen LogP contribution in [0.3, 0.4) is 0 Å². The molecule has 3 aromatic rings. The van der Waals surface area contributed by atoms with Crippen LogP contribution in [0, 0.1) is 4.77 Å². The van der Waals surface area contributed by atoms with E-state index in [9.17, 15) is 0 Å². The number of aryl methyl sites for hydroxylation is 1. The van der Waals surface area contributed by atoms with E-state index in [4.69, 9.17) is 12.2 Å². The number of fused-ring (bicyclic) bond motifs is 1. The van der Waals surface area contributed by atoms with Gasteiger partial charge in [-0.15, -0.1) is 0 Å². The van der Waals surface area contributed by atoms with Gasteiger partial charge in [0.2, 0.25) is 0 Å². The first-order valence-electron chi connectivity index (χ1n) is 5.95. The van der Waals surface area contributed by atoms with Crippen molar-refractivity contribution in [1.29, 1.82) is 0 Å². The minimum absolute atomic E-state index is 0.685. The first-order valence-corrected chi connectivity index (χ1v) is 6.36. The van der Waals surface area contributed by atoms with Gasteiger partial charge in [-0.25, -0.2) is 4.98 Å². The van der Waals surface area contributed by atoms with Gasteiger partial charge >= 0.3 is 0 Å². The Hall–Kier alpha value is -1.94. The summed E-state index contributed by atoms with van der Waals surface area (Å²) in [6.45, 7) is 2.14. The third-order valence-corrected chi connectivity index (χ3v) is 3.34. The highest BCUT2D eigenvalue weighted by molar-refractivity contribution is 7.71. The molecule has 0 aliphatic rings. The Balaban J connectivity index is 2.38. The van der Waals surface area contributed by atoms with E-state index in [-0.39, 0.29) is 0 Å². The second-order valence-corrected chi connectivity index (χ2v) is 4.51. The summed E-state index contributed by atoms with van der Waals surface area (Å²) in [5, 5.41) is 0. The molecule has 0 amide bonds. The van der Waals surface area contributed by atoms with Gasteiger partial charge in [-0.3, -0.25) is 4.57 Å². The van der Waals surface area contributed by atoms with Crippen LogP contribution >= 0.6 is 12.2 Å². The third kappa shape index (κ3) is 1.66. The zero-order valence-corrected chi connectivity index (χ0v) is 10.9. The van der Waals surface area contributed by atoms with Crippen molar-refractivity contribution in [3.8, 4) is 5.69 Å². The lowest BCUT2D eigenvalue weighted by molar-refractivity contribution is 0.997. The fourth-order valence-corrected chi connectivity index (χ4v) is 2.49. The van der Waals surface area contributed by atoms with E-state index in [1.54, 1.807) is 6.20 Å². The fourth-order valence-electron chi connectivity index (χ4n) is 2.19. The molecular weight excluding hydrogens is 242 g/mol. The lowest BCUT2D eigenvalue weighted by atomic mass is 10.1. The van der Waals surface area contributed by atoms with E-state index in [0.717, 1.165) is 23.3 Å². The molecule has 0 aliphatic heterocycles. The molecule has 0 bridgehead atoms. The number of hydrogen-bond acceptors (Lipinski definition) is 2. The molecule has 0 aliphatic carbocycles. The largest absolute Gasteiger partial charge is 0.329 e. The van der Waals surface area contributed by atoms with E-state index in [2.05, 4.69) is 29.0 Å². The lowest BCUT2D eigenvalue weighted by Crippen LogP contribution is -1.99. The third-order valence-electron chi connectivity index (χ3n) is 3.06. The van der Waals surface area contributed by atoms with Crippen LogP contribution in [-0.2, 0) is 6.42 Å². The van der Waals surface area contributed by atoms with Gasteiger partial charge in [0.25, 0.3) is 0 Å². The number of H-pyrrole nitrogens is 1. The van der Waals surface area contributed by atoms with Crippen molar-refractivity contribution in [2.75, 3.05) is 0 Å². The van der Waals surface area contributed by atoms with Crippen LogP contribution < -0.4 is 0 Å². The molecule has 0 atom stereocenters. The highest BCUT2D eigenvalue weighted by Crippen LogP contribution is 2.20. The predicted molar refractivity (Wildman–Crippen MR) is 75.6 cm³/mol. The molecule has 1 aromatic carbocycles. The van der Waals surface area contributed by atoms with Gasteiger partial charge in [0.1, 0.15) is 0 Å². The molecule has 2 heterocycles. The van der Waals surface area contributed by atoms with Gasteiger partial charge in [-0.2, -0.15) is 0 Å². The van der Waals surface area contributed by atoms with Gasteiger partial charge < -0.3 is 4.98 Å². The molecule has 1 N–H and O–H groups in total. The summed E-state index contributed by atoms with van der Waals surface area (Å²) in [6, 6.07) is 12.2. The Labute approximate surface area is 110 Å². The Kier molecular flexibility index (Phi) is 2.72. The van der Waals surface area contributed by atoms with E-state index in [1.165, 1.54) is 5.56 Å². The molecule has 3 nitrogen and oxygen atoms in total. The Morgan fingerprint density at radius 1 is 1.22 bits per heavy atom. The Morgan fingerprint density at radius 2 is 2.06 bits per heavy atom. The van der Waals surface area contributed by atoms with Crippen LogP contribution in [0.15, 0.2) is 42.6 Å². The van der Waals surface area contributed by atoms with Crippen LogP contribution in [-0.4, -0.2) is 14.5 Å². The molecule has 0 saturated heterocycles. The number of hydrogen-bond donors (Lipinski definition) is 1. The van der Waals surface area contributed by atoms with Crippen molar-refractivity contribution in [2.45, 2.75) is 13.3 Å². The minimum atomic E-state index is 0.685. The molecule has 0 radical (unpaired) electrons. The van der Waals surface area contributed by atoms with Crippen molar-refractivity contribution in [2.24, 2.45) is 0 Å². The van der Waals surface area contributed by atoms with Gasteiger partial charge in [-0.1, -0.05) is 25.1 Å². The molecule has 0 fully saturated rings. The van der Waals surface area contributed by atoms with Crippen molar-refractivity contribution < 1.29 is 0 Å². The van der Waals surface area contributed by atoms with Crippen LogP contribution in [0.4, 0.5) is 0 Å². The monoisotopic (exact) mass is 255 g/mol. The number of para-hydroxylation sites is 1. The van der Waals surface area contributed by atoms with Crippen LogP contribution in [0.1, 0.15) is 12.5 Å². The van der Waals surface area contributed by atoms with Crippen molar-refractivity contribution in [3.05, 3.63) is 52.9 Å². The topological polar surface area (TPSA) is 33.6 Å². The molecule has 3 rings (SSSR count). The molecular formula is C14H13N3S. The maximum Gasteiger partial charge on any atom is 0.184 e. The Morgan fingerprint density at radius 3 is 2.89 bits per heavy atom. The standard InChI is InChI=1S/C14H13N3S/c1-2-10-6-3-4-8-12(10)17-13-11(16-14(17)18)7-5-9-15-13/h3-9H,2H2,1H3,(H,16,18). The Bertz CT molecular complexity index is 755. The van der Waals surface area contributed by atoms with Gasteiger partial charge in [0, 0.05) is 6.20 Å². The molecule has 0 saturated carbocycles. The first-order chi connectivity index (χ1) is 8.81. The maximum absolute atomic E-state index is 5.41. The summed E-state index contributed by atoms with van der Waals surface area (Å²) >= 11 is 5.41. The normalized spacial score (nSPS) is 10.9. The van der Waals surface area contributed by atoms with Crippen molar-refractivity contribution >= 4 is 23.4 Å². The zero-order valence-electron chi connectivity index (χ0n) is 10.1. The molecule has 4 heteroatoms. The summed E-state index contributed by atoms with van der Waals surface area (Å²) in [5.74, 6) is 0. The molecule has 0 unspecified atom stereocenters. The van der Waals surface area contributed by atoms with E-state index >= 15 is 0 Å². The minimum Gasteiger partial charge on any atom is -0.329 e. The van der Waals surface area contributed by atoms with Crippen molar-refractivity contribution in [3.63, 3.8) is 0 Å². The first kappa shape index (κ1) is 11.2. The van der Waals surface area contributed by atoms with E-state index in [0.29, 0.717) is 4.77 Å². The molecule has 0 spiro atoms. The number of pyridine rings is 1. The molecule has 90 valence electrons. The molecule has 18 heavy (non-hydrogen) atoms. The molecule has 2 aromatic heterocycles. The number of aromatic nitrogens is 3. The second kappa shape index (κ2) is 4.38. The number of nitrogens with zero attached hydrogens (tertiary/aromatic N) is 2. The number of aromatic amines is 1. The predicted octanol–water partition coefficient (Wildman–Crippen LogP) is 3.65. The second-order valence-electron chi connectivity index (χ2n) is 4.12. The van der Waals surface area contributed by atoms with E-state index in [1.807, 2.05) is 28.8 Å². The summed E-state index contributed by atoms with van der Waals surface area (Å²) in [7, 11) is 0. The lowest BCUT2D eigenvalue weighted by Gasteiger charge is -2.08. The highest BCUT2D eigenvalue weighted by atomic mass is 32.1. The van der Waals surface area contributed by atoms with Crippen LogP contribution in [0.25, 0.3) is 16.9 Å².